The minimum absolute atomic E-state index is 0.0572. The molecule has 0 amide bonds. The molecule has 8 nitrogen and oxygen atoms in total. The fraction of sp³-hybridized carbons (Fsp3) is 0.531. The van der Waals surface area contributed by atoms with Crippen molar-refractivity contribution in [3.63, 3.8) is 0 Å². The van der Waals surface area contributed by atoms with E-state index in [2.05, 4.69) is 11.5 Å². The number of carbonyl (C=O) groups is 1. The van der Waals surface area contributed by atoms with E-state index < -0.39 is 21.5 Å². The summed E-state index contributed by atoms with van der Waals surface area (Å²) in [4.78, 5) is 13.9. The molecule has 220 valence electrons. The highest BCUT2D eigenvalue weighted by molar-refractivity contribution is 7.88. The summed E-state index contributed by atoms with van der Waals surface area (Å²) >= 11 is 0. The van der Waals surface area contributed by atoms with Gasteiger partial charge in [-0.05, 0) is 61.3 Å². The van der Waals surface area contributed by atoms with Crippen molar-refractivity contribution in [1.29, 1.82) is 0 Å². The number of phenolic OH excluding ortho intramolecular Hbond substituents is 1. The first-order valence-electron chi connectivity index (χ1n) is 14.7. The minimum Gasteiger partial charge on any atom is -0.504 e. The number of carbonyl (C=O) groups excluding carboxylic acids is 1. The van der Waals surface area contributed by atoms with Crippen LogP contribution in [0.4, 0.5) is 0 Å². The number of phenols is 1. The first-order valence-corrected chi connectivity index (χ1v) is 16.3. The molecule has 0 radical (unpaired) electrons. The lowest BCUT2D eigenvalue weighted by Gasteiger charge is -2.60. The van der Waals surface area contributed by atoms with Crippen molar-refractivity contribution in [2.45, 2.75) is 75.8 Å². The van der Waals surface area contributed by atoms with Gasteiger partial charge in [0.1, 0.15) is 11.9 Å². The Morgan fingerprint density at radius 1 is 1.22 bits per heavy atom. The molecule has 2 fully saturated rings. The van der Waals surface area contributed by atoms with E-state index in [0.29, 0.717) is 31.0 Å². The van der Waals surface area contributed by atoms with E-state index in [1.807, 2.05) is 50.2 Å². The zero-order valence-electron chi connectivity index (χ0n) is 24.1. The monoisotopic (exact) mass is 580 g/mol. The predicted octanol–water partition coefficient (Wildman–Crippen LogP) is 4.36. The van der Waals surface area contributed by atoms with Gasteiger partial charge < -0.3 is 14.6 Å². The van der Waals surface area contributed by atoms with Crippen molar-refractivity contribution in [3.8, 4) is 11.5 Å². The molecular formula is C32H40N2O6S. The van der Waals surface area contributed by atoms with Gasteiger partial charge in [-0.25, -0.2) is 8.42 Å². The zero-order chi connectivity index (χ0) is 29.1. The van der Waals surface area contributed by atoms with E-state index in [-0.39, 0.29) is 41.4 Å². The molecule has 5 atom stereocenters. The number of sulfonamides is 1. The van der Waals surface area contributed by atoms with E-state index in [1.54, 1.807) is 10.4 Å². The molecule has 2 aromatic carbocycles. The Morgan fingerprint density at radius 2 is 1.98 bits per heavy atom. The second-order valence-electron chi connectivity index (χ2n) is 12.6. The fourth-order valence-corrected chi connectivity index (χ4v) is 10.2. The molecule has 6 rings (SSSR count). The third-order valence-corrected chi connectivity index (χ3v) is 11.4. The summed E-state index contributed by atoms with van der Waals surface area (Å²) in [6.45, 7) is 11.1. The van der Waals surface area contributed by atoms with Gasteiger partial charge in [-0.1, -0.05) is 56.8 Å². The molecule has 2 bridgehead atoms. The number of ether oxygens (including phenoxy) is 2. The van der Waals surface area contributed by atoms with Crippen LogP contribution in [0.5, 0.6) is 11.5 Å². The van der Waals surface area contributed by atoms with Crippen molar-refractivity contribution in [2.75, 3.05) is 19.6 Å². The number of hydrogen-bond donors (Lipinski definition) is 1. The SMILES string of the molecule is C=C(CN1CC[C@]23c4c5ccc(O)c4O[C@H]2[C@H](N(CC(C)C)S(=O)(=O)Cc2ccccc2)CC[C@H]3[C@H]1C5)OC(C)=O. The molecule has 1 saturated heterocycles. The summed E-state index contributed by atoms with van der Waals surface area (Å²) in [7, 11) is -3.66. The van der Waals surface area contributed by atoms with Crippen LogP contribution in [0.3, 0.4) is 0 Å². The number of esters is 1. The van der Waals surface area contributed by atoms with Crippen LogP contribution in [0.2, 0.25) is 0 Å². The van der Waals surface area contributed by atoms with Gasteiger partial charge in [0.2, 0.25) is 10.0 Å². The smallest absolute Gasteiger partial charge is 0.307 e. The molecule has 2 heterocycles. The van der Waals surface area contributed by atoms with Crippen molar-refractivity contribution in [2.24, 2.45) is 11.8 Å². The highest BCUT2D eigenvalue weighted by Gasteiger charge is 2.67. The number of benzene rings is 2. The lowest BCUT2D eigenvalue weighted by atomic mass is 9.51. The number of likely N-dealkylation sites (tertiary alicyclic amines) is 1. The third-order valence-electron chi connectivity index (χ3n) is 9.53. The molecular weight excluding hydrogens is 540 g/mol. The highest BCUT2D eigenvalue weighted by Crippen LogP contribution is 2.64. The Bertz CT molecular complexity index is 1460. The normalized spacial score (nSPS) is 28.3. The summed E-state index contributed by atoms with van der Waals surface area (Å²) < 4.78 is 42.0. The number of rotatable bonds is 9. The molecule has 2 aliphatic heterocycles. The van der Waals surface area contributed by atoms with Crippen LogP contribution in [0.15, 0.2) is 54.8 Å². The van der Waals surface area contributed by atoms with Gasteiger partial charge in [0.05, 0.1) is 18.3 Å². The summed E-state index contributed by atoms with van der Waals surface area (Å²) in [5, 5.41) is 11.0. The average Bonchev–Trinajstić information content (AvgIpc) is 3.25. The van der Waals surface area contributed by atoms with E-state index in [0.717, 1.165) is 42.5 Å². The van der Waals surface area contributed by atoms with Crippen molar-refractivity contribution < 1.29 is 27.8 Å². The number of piperidine rings is 1. The maximum absolute atomic E-state index is 14.1. The first kappa shape index (κ1) is 28.2. The maximum atomic E-state index is 14.1. The molecule has 9 heteroatoms. The lowest BCUT2D eigenvalue weighted by molar-refractivity contribution is -0.137. The maximum Gasteiger partial charge on any atom is 0.307 e. The third kappa shape index (κ3) is 4.76. The van der Waals surface area contributed by atoms with Crippen molar-refractivity contribution in [1.82, 2.24) is 9.21 Å². The Kier molecular flexibility index (Phi) is 7.19. The molecule has 0 aromatic heterocycles. The summed E-state index contributed by atoms with van der Waals surface area (Å²) in [5.41, 5.74) is 2.60. The number of hydrogen-bond acceptors (Lipinski definition) is 7. The topological polar surface area (TPSA) is 96.4 Å². The van der Waals surface area contributed by atoms with E-state index in [9.17, 15) is 18.3 Å². The standard InChI is InChI=1S/C32H40N2O6S/c1-20(2)17-34(41(37,38)19-23-8-6-5-7-9-23)26-12-11-25-27-16-24-10-13-28(36)30-29(24)32(25,31(26)40-30)14-15-33(27)18-21(3)39-22(4)35/h5-10,13,20,25-27,31,36H,3,11-12,14-19H2,1-2,4H3/t25-,26+,27+,31-,32-/m0/s1. The fourth-order valence-electron chi connectivity index (χ4n) is 8.23. The molecule has 1 saturated carbocycles. The minimum atomic E-state index is -3.66. The van der Waals surface area contributed by atoms with Crippen molar-refractivity contribution >= 4 is 16.0 Å². The van der Waals surface area contributed by atoms with Gasteiger partial charge in [0, 0.05) is 30.5 Å². The van der Waals surface area contributed by atoms with Gasteiger partial charge in [-0.15, -0.1) is 0 Å². The quantitative estimate of drug-likeness (QED) is 0.348. The van der Waals surface area contributed by atoms with Crippen LogP contribution < -0.4 is 4.74 Å². The molecule has 41 heavy (non-hydrogen) atoms. The van der Waals surface area contributed by atoms with E-state index in [1.165, 1.54) is 6.92 Å². The Morgan fingerprint density at radius 3 is 2.68 bits per heavy atom. The Hall–Kier alpha value is -2.88. The van der Waals surface area contributed by atoms with Crippen LogP contribution in [-0.2, 0) is 37.1 Å². The predicted molar refractivity (Wildman–Crippen MR) is 156 cm³/mol. The summed E-state index contributed by atoms with van der Waals surface area (Å²) in [6.07, 6.45) is 2.69. The second-order valence-corrected chi connectivity index (χ2v) is 14.5. The van der Waals surface area contributed by atoms with Gasteiger partial charge >= 0.3 is 5.97 Å². The van der Waals surface area contributed by atoms with Crippen LogP contribution in [0.1, 0.15) is 56.7 Å². The molecule has 2 aliphatic carbocycles. The number of nitrogens with zero attached hydrogens (tertiary/aromatic N) is 2. The molecule has 1 N–H and O–H groups in total. The summed E-state index contributed by atoms with van der Waals surface area (Å²) in [6, 6.07) is 12.9. The first-order chi connectivity index (χ1) is 19.5. The lowest BCUT2D eigenvalue weighted by Crippen LogP contribution is -2.69. The largest absolute Gasteiger partial charge is 0.504 e. The zero-order valence-corrected chi connectivity index (χ0v) is 24.9. The van der Waals surface area contributed by atoms with Crippen molar-refractivity contribution in [3.05, 3.63) is 71.5 Å². The van der Waals surface area contributed by atoms with Gasteiger partial charge in [0.15, 0.2) is 11.5 Å². The van der Waals surface area contributed by atoms with Gasteiger partial charge in [-0.2, -0.15) is 4.31 Å². The van der Waals surface area contributed by atoms with Crippen LogP contribution in [-0.4, -0.2) is 66.5 Å². The van der Waals surface area contributed by atoms with Crippen LogP contribution in [0.25, 0.3) is 0 Å². The van der Waals surface area contributed by atoms with Gasteiger partial charge in [-0.3, -0.25) is 9.69 Å². The van der Waals surface area contributed by atoms with Gasteiger partial charge in [0.25, 0.3) is 0 Å². The van der Waals surface area contributed by atoms with E-state index in [4.69, 9.17) is 9.47 Å². The molecule has 0 unspecified atom stereocenters. The molecule has 1 spiro atoms. The van der Waals surface area contributed by atoms with Crippen LogP contribution >= 0.6 is 0 Å². The molecule has 2 aromatic rings. The van der Waals surface area contributed by atoms with Crippen LogP contribution in [0, 0.1) is 11.8 Å². The average molecular weight is 581 g/mol. The molecule has 4 aliphatic rings. The highest BCUT2D eigenvalue weighted by atomic mass is 32.2. The van der Waals surface area contributed by atoms with E-state index >= 15 is 0 Å². The Labute approximate surface area is 243 Å². The summed E-state index contributed by atoms with van der Waals surface area (Å²) in [5.74, 6) is 1.02. The second kappa shape index (κ2) is 10.4. The number of aromatic hydroxyl groups is 1. The Balaban J connectivity index is 1.39.